The van der Waals surface area contributed by atoms with Gasteiger partial charge in [0.2, 0.25) is 5.91 Å². The van der Waals surface area contributed by atoms with Crippen molar-refractivity contribution in [2.24, 2.45) is 5.92 Å². The highest BCUT2D eigenvalue weighted by atomic mass is 19.1. The van der Waals surface area contributed by atoms with Crippen LogP contribution in [0.4, 0.5) is 4.39 Å². The van der Waals surface area contributed by atoms with Gasteiger partial charge in [-0.1, -0.05) is 18.6 Å². The molecule has 0 spiro atoms. The largest absolute Gasteiger partial charge is 0.341 e. The molecule has 2 amide bonds. The summed E-state index contributed by atoms with van der Waals surface area (Å²) in [6.45, 7) is 5.66. The van der Waals surface area contributed by atoms with Crippen LogP contribution in [-0.4, -0.2) is 40.4 Å². The van der Waals surface area contributed by atoms with E-state index in [1.165, 1.54) is 17.7 Å². The van der Waals surface area contributed by atoms with E-state index in [0.29, 0.717) is 23.8 Å². The number of aromatic nitrogens is 1. The number of hydrogen-bond donors (Lipinski definition) is 1. The summed E-state index contributed by atoms with van der Waals surface area (Å²) in [5, 5.41) is 3.07. The molecule has 1 aromatic heterocycles. The summed E-state index contributed by atoms with van der Waals surface area (Å²) in [7, 11) is 0. The van der Waals surface area contributed by atoms with Gasteiger partial charge in [-0.05, 0) is 118 Å². The van der Waals surface area contributed by atoms with Gasteiger partial charge in [0.15, 0.2) is 0 Å². The fourth-order valence-electron chi connectivity index (χ4n) is 5.94. The number of nitrogens with zero attached hydrogens (tertiary/aromatic N) is 2. The van der Waals surface area contributed by atoms with Gasteiger partial charge in [-0.15, -0.1) is 0 Å². The van der Waals surface area contributed by atoms with Crippen molar-refractivity contribution in [2.45, 2.75) is 70.8 Å². The van der Waals surface area contributed by atoms with Crippen molar-refractivity contribution < 1.29 is 14.0 Å². The van der Waals surface area contributed by atoms with Crippen molar-refractivity contribution in [1.82, 2.24) is 14.8 Å². The van der Waals surface area contributed by atoms with Crippen LogP contribution in [0.2, 0.25) is 0 Å². The molecule has 6 heteroatoms. The zero-order valence-electron chi connectivity index (χ0n) is 22.5. The lowest BCUT2D eigenvalue weighted by atomic mass is 10.0. The first kappa shape index (κ1) is 26.2. The molecular formula is C32H38FN3O2. The van der Waals surface area contributed by atoms with Crippen LogP contribution < -0.4 is 5.32 Å². The van der Waals surface area contributed by atoms with Gasteiger partial charge in [0.25, 0.3) is 5.91 Å². The zero-order chi connectivity index (χ0) is 26.6. The third-order valence-electron chi connectivity index (χ3n) is 8.22. The number of amides is 2. The predicted molar refractivity (Wildman–Crippen MR) is 148 cm³/mol. The minimum absolute atomic E-state index is 0.0409. The minimum Gasteiger partial charge on any atom is -0.341 e. The van der Waals surface area contributed by atoms with Gasteiger partial charge in [0, 0.05) is 35.7 Å². The quantitative estimate of drug-likeness (QED) is 0.363. The third kappa shape index (κ3) is 6.01. The highest BCUT2D eigenvalue weighted by Crippen LogP contribution is 2.50. The standard InChI is InChI=1S/C32H38FN3O2/c1-22-9-10-23(2)36(22)28-17-13-25(14-18-28)31(37)34-30(32(38)35-19-4-3-5-20-35)8-6-7-26-21-29(26)24-11-15-27(33)16-12-24/h9-18,26,29-30H,3-8,19-21H2,1-2H3,(H,34,37)/t26-,29+,30+/m1/s1. The summed E-state index contributed by atoms with van der Waals surface area (Å²) in [6, 6.07) is 18.1. The van der Waals surface area contributed by atoms with Gasteiger partial charge in [-0.2, -0.15) is 0 Å². The average molecular weight is 516 g/mol. The topological polar surface area (TPSA) is 54.3 Å². The molecule has 2 heterocycles. The molecule has 2 aromatic carbocycles. The van der Waals surface area contributed by atoms with E-state index in [-0.39, 0.29) is 17.6 Å². The van der Waals surface area contributed by atoms with Gasteiger partial charge in [-0.3, -0.25) is 9.59 Å². The van der Waals surface area contributed by atoms with E-state index in [1.54, 1.807) is 0 Å². The van der Waals surface area contributed by atoms with Crippen LogP contribution in [0.5, 0.6) is 0 Å². The van der Waals surface area contributed by atoms with E-state index >= 15 is 0 Å². The fourth-order valence-corrected chi connectivity index (χ4v) is 5.94. The summed E-state index contributed by atoms with van der Waals surface area (Å²) in [4.78, 5) is 28.6. The first-order valence-electron chi connectivity index (χ1n) is 14.0. The molecule has 0 bridgehead atoms. The summed E-state index contributed by atoms with van der Waals surface area (Å²) in [5.41, 5.74) is 5.06. The Morgan fingerprint density at radius 2 is 1.58 bits per heavy atom. The second-order valence-electron chi connectivity index (χ2n) is 11.0. The Kier molecular flexibility index (Phi) is 7.96. The molecule has 1 saturated heterocycles. The number of piperidine rings is 1. The molecule has 5 rings (SSSR count). The number of benzene rings is 2. The van der Waals surface area contributed by atoms with Crippen LogP contribution in [0, 0.1) is 25.6 Å². The lowest BCUT2D eigenvalue weighted by Crippen LogP contribution is -2.50. The SMILES string of the molecule is Cc1ccc(C)n1-c1ccc(C(=O)N[C@@H](CCC[C@@H]2C[C@H]2c2ccc(F)cc2)C(=O)N2CCCCC2)cc1. The summed E-state index contributed by atoms with van der Waals surface area (Å²) >= 11 is 0. The Hall–Kier alpha value is -3.41. The minimum atomic E-state index is -0.516. The summed E-state index contributed by atoms with van der Waals surface area (Å²) in [6.07, 6.45) is 6.81. The molecule has 0 radical (unpaired) electrons. The molecule has 5 nitrogen and oxygen atoms in total. The number of halogens is 1. The average Bonchev–Trinajstić information content (AvgIpc) is 3.63. The second-order valence-corrected chi connectivity index (χ2v) is 11.0. The Morgan fingerprint density at radius 3 is 2.24 bits per heavy atom. The van der Waals surface area contributed by atoms with Gasteiger partial charge in [-0.25, -0.2) is 4.39 Å². The Labute approximate surface area is 225 Å². The Morgan fingerprint density at radius 1 is 0.921 bits per heavy atom. The first-order valence-corrected chi connectivity index (χ1v) is 14.0. The second kappa shape index (κ2) is 11.5. The van der Waals surface area contributed by atoms with Crippen LogP contribution in [-0.2, 0) is 4.79 Å². The highest BCUT2D eigenvalue weighted by molar-refractivity contribution is 5.97. The molecular weight excluding hydrogens is 477 g/mol. The van der Waals surface area contributed by atoms with Gasteiger partial charge in [0.1, 0.15) is 11.9 Å². The summed E-state index contributed by atoms with van der Waals surface area (Å²) in [5.74, 6) is 0.676. The fraction of sp³-hybridized carbons (Fsp3) is 0.438. The Balaban J connectivity index is 1.21. The molecule has 1 N–H and O–H groups in total. The smallest absolute Gasteiger partial charge is 0.251 e. The van der Waals surface area contributed by atoms with Crippen molar-refractivity contribution in [2.75, 3.05) is 13.1 Å². The highest BCUT2D eigenvalue weighted by Gasteiger charge is 2.38. The third-order valence-corrected chi connectivity index (χ3v) is 8.22. The normalized spacial score (nSPS) is 19.7. The molecule has 2 aliphatic rings. The molecule has 0 unspecified atom stereocenters. The first-order chi connectivity index (χ1) is 18.4. The number of nitrogens with one attached hydrogen (secondary N) is 1. The molecule has 2 fully saturated rings. The van der Waals surface area contributed by atoms with E-state index in [4.69, 9.17) is 0 Å². The van der Waals surface area contributed by atoms with E-state index < -0.39 is 6.04 Å². The van der Waals surface area contributed by atoms with E-state index in [2.05, 4.69) is 35.9 Å². The summed E-state index contributed by atoms with van der Waals surface area (Å²) < 4.78 is 15.4. The molecule has 1 aliphatic heterocycles. The van der Waals surface area contributed by atoms with Crippen molar-refractivity contribution in [3.63, 3.8) is 0 Å². The Bertz CT molecular complexity index is 1240. The molecule has 38 heavy (non-hydrogen) atoms. The molecule has 200 valence electrons. The van der Waals surface area contributed by atoms with Crippen LogP contribution in [0.15, 0.2) is 60.7 Å². The molecule has 1 saturated carbocycles. The maximum Gasteiger partial charge on any atom is 0.251 e. The number of carbonyl (C=O) groups is 2. The van der Waals surface area contributed by atoms with Crippen molar-refractivity contribution in [3.05, 3.63) is 89.0 Å². The molecule has 1 aliphatic carbocycles. The number of aryl methyl sites for hydroxylation is 2. The number of likely N-dealkylation sites (tertiary alicyclic amines) is 1. The van der Waals surface area contributed by atoms with E-state index in [1.807, 2.05) is 41.3 Å². The zero-order valence-corrected chi connectivity index (χ0v) is 22.5. The lowest BCUT2D eigenvalue weighted by Gasteiger charge is -2.31. The predicted octanol–water partition coefficient (Wildman–Crippen LogP) is 6.32. The van der Waals surface area contributed by atoms with Crippen LogP contribution in [0.25, 0.3) is 5.69 Å². The van der Waals surface area contributed by atoms with Gasteiger partial charge in [0.05, 0.1) is 0 Å². The van der Waals surface area contributed by atoms with Crippen molar-refractivity contribution in [1.29, 1.82) is 0 Å². The van der Waals surface area contributed by atoms with Crippen LogP contribution in [0.3, 0.4) is 0 Å². The van der Waals surface area contributed by atoms with Crippen LogP contribution >= 0.6 is 0 Å². The maximum absolute atomic E-state index is 13.4. The van der Waals surface area contributed by atoms with Gasteiger partial charge < -0.3 is 14.8 Å². The van der Waals surface area contributed by atoms with Crippen molar-refractivity contribution >= 4 is 11.8 Å². The monoisotopic (exact) mass is 515 g/mol. The maximum atomic E-state index is 13.4. The van der Waals surface area contributed by atoms with Crippen molar-refractivity contribution in [3.8, 4) is 5.69 Å². The molecule has 3 aromatic rings. The van der Waals surface area contributed by atoms with E-state index in [0.717, 1.165) is 68.7 Å². The number of hydrogen-bond acceptors (Lipinski definition) is 2. The number of rotatable bonds is 9. The lowest BCUT2D eigenvalue weighted by molar-refractivity contribution is -0.134. The molecule has 3 atom stereocenters. The number of carbonyl (C=O) groups excluding carboxylic acids is 2. The van der Waals surface area contributed by atoms with Gasteiger partial charge >= 0.3 is 0 Å². The van der Waals surface area contributed by atoms with E-state index in [9.17, 15) is 14.0 Å². The van der Waals surface area contributed by atoms with Crippen LogP contribution in [0.1, 0.15) is 78.2 Å².